The zero-order chi connectivity index (χ0) is 31.8. The third-order valence-corrected chi connectivity index (χ3v) is 5.08. The first-order valence-corrected chi connectivity index (χ1v) is 13.7. The van der Waals surface area contributed by atoms with E-state index >= 15 is 0 Å². The van der Waals surface area contributed by atoms with Crippen LogP contribution in [0.25, 0.3) is 0 Å². The van der Waals surface area contributed by atoms with Gasteiger partial charge in [0.2, 0.25) is 11.8 Å². The zero-order valence-electron chi connectivity index (χ0n) is 24.5. The van der Waals surface area contributed by atoms with Crippen LogP contribution in [0.2, 0.25) is 0 Å². The maximum Gasteiger partial charge on any atom is 0.248 e. The molecule has 0 aromatic heterocycles. The summed E-state index contributed by atoms with van der Waals surface area (Å²) in [5, 5.41) is 43.5. The fraction of sp³-hybridized carbons (Fsp3) is 0.750. The van der Waals surface area contributed by atoms with Crippen LogP contribution in [0.1, 0.15) is 40.5 Å². The Morgan fingerprint density at radius 3 is 1.15 bits per heavy atom. The van der Waals surface area contributed by atoms with Crippen LogP contribution in [-0.2, 0) is 20.0 Å². The van der Waals surface area contributed by atoms with E-state index in [-0.39, 0.29) is 0 Å². The molecule has 15 heteroatoms. The Morgan fingerprint density at radius 1 is 0.744 bits per heavy atom. The van der Waals surface area contributed by atoms with Gasteiger partial charge in [0.15, 0.2) is 12.5 Å². The molecule has 0 rings (SSSR count). The summed E-state index contributed by atoms with van der Waals surface area (Å²) in [6.07, 6.45) is -2.50. The number of rotatable bonds is 14. The van der Waals surface area contributed by atoms with E-state index < -0.39 is 46.9 Å². The Bertz CT molecular complexity index is 814. The highest BCUT2D eigenvalue weighted by atomic mass is 32.3. The van der Waals surface area contributed by atoms with Crippen molar-refractivity contribution in [1.29, 1.82) is 0 Å². The number of carbonyl (C=O) groups excluding carboxylic acids is 2. The SMILES string of the molecule is C=C(C)C(=O)NC(O)C(O)C[N+](C)(C)CCC.C=C(C)C(=O)NC(O)C(O)C[N+](C)(C)CCC.O=S(=O)([O-])[O-]. The van der Waals surface area contributed by atoms with Gasteiger partial charge in [0.1, 0.15) is 25.3 Å². The molecule has 0 bridgehead atoms. The Labute approximate surface area is 233 Å². The Hall–Kier alpha value is -1.95. The fourth-order valence-corrected chi connectivity index (χ4v) is 3.31. The summed E-state index contributed by atoms with van der Waals surface area (Å²) in [5.74, 6) is -0.894. The highest BCUT2D eigenvalue weighted by molar-refractivity contribution is 7.79. The molecule has 0 saturated heterocycles. The number of amides is 2. The summed E-state index contributed by atoms with van der Waals surface area (Å²) >= 11 is 0. The predicted molar refractivity (Wildman–Crippen MR) is 145 cm³/mol. The topological polar surface area (TPSA) is 219 Å². The Morgan fingerprint density at radius 2 is 0.974 bits per heavy atom. The van der Waals surface area contributed by atoms with Crippen LogP contribution in [0.4, 0.5) is 0 Å². The van der Waals surface area contributed by atoms with E-state index in [0.717, 1.165) is 25.9 Å². The average molecular weight is 587 g/mol. The quantitative estimate of drug-likeness (QED) is 0.0448. The van der Waals surface area contributed by atoms with Crippen molar-refractivity contribution >= 4 is 22.2 Å². The number of aliphatic hydroxyl groups excluding tert-OH is 4. The third-order valence-electron chi connectivity index (χ3n) is 5.08. The second-order valence-corrected chi connectivity index (χ2v) is 11.4. The summed E-state index contributed by atoms with van der Waals surface area (Å²) in [6, 6.07) is 0. The summed E-state index contributed by atoms with van der Waals surface area (Å²) < 4.78 is 35.3. The van der Waals surface area contributed by atoms with E-state index in [1.54, 1.807) is 13.8 Å². The van der Waals surface area contributed by atoms with Gasteiger partial charge in [-0.05, 0) is 26.7 Å². The number of likely N-dealkylation sites (N-methyl/N-ethyl adjacent to an activating group) is 2. The van der Waals surface area contributed by atoms with Gasteiger partial charge in [-0.3, -0.25) is 18.0 Å². The number of quaternary nitrogens is 2. The van der Waals surface area contributed by atoms with Crippen molar-refractivity contribution in [3.05, 3.63) is 24.3 Å². The van der Waals surface area contributed by atoms with Gasteiger partial charge in [-0.1, -0.05) is 27.0 Å². The fourth-order valence-electron chi connectivity index (χ4n) is 3.31. The van der Waals surface area contributed by atoms with E-state index in [1.165, 1.54) is 0 Å². The molecule has 4 atom stereocenters. The molecular weight excluding hydrogens is 536 g/mol. The molecule has 39 heavy (non-hydrogen) atoms. The van der Waals surface area contributed by atoms with Crippen molar-refractivity contribution in [3.8, 4) is 0 Å². The molecule has 4 unspecified atom stereocenters. The Balaban J connectivity index is -0.000000566. The van der Waals surface area contributed by atoms with Crippen molar-refractivity contribution < 1.29 is 56.5 Å². The van der Waals surface area contributed by atoms with Crippen molar-refractivity contribution in [2.24, 2.45) is 0 Å². The van der Waals surface area contributed by atoms with Crippen molar-refractivity contribution in [3.63, 3.8) is 0 Å². The predicted octanol–water partition coefficient (Wildman–Crippen LogP) is -1.65. The second kappa shape index (κ2) is 19.2. The zero-order valence-corrected chi connectivity index (χ0v) is 25.3. The van der Waals surface area contributed by atoms with Gasteiger partial charge in [0.05, 0.1) is 41.3 Å². The lowest BCUT2D eigenvalue weighted by Gasteiger charge is -2.33. The van der Waals surface area contributed by atoms with Crippen LogP contribution in [0.5, 0.6) is 0 Å². The van der Waals surface area contributed by atoms with Gasteiger partial charge in [-0.2, -0.15) is 0 Å². The molecule has 0 radical (unpaired) electrons. The lowest BCUT2D eigenvalue weighted by atomic mass is 10.2. The number of nitrogens with zero attached hydrogens (tertiary/aromatic N) is 2. The van der Waals surface area contributed by atoms with E-state index in [2.05, 4.69) is 37.6 Å². The molecule has 0 aromatic rings. The first-order valence-electron chi connectivity index (χ1n) is 12.3. The van der Waals surface area contributed by atoms with Crippen LogP contribution >= 0.6 is 0 Å². The molecule has 0 aromatic carbocycles. The standard InChI is InChI=1S/2C12H24N2O3.H2O4S/c2*1-6-7-14(4,5)8-10(15)12(17)13-11(16)9(2)3;1-5(2,3)4/h2*10,12,15,17H,2,6-8H2,1,3-5H3;(H2,1,2,3,4). The highest BCUT2D eigenvalue weighted by Gasteiger charge is 2.27. The minimum atomic E-state index is -5.17. The molecule has 0 aliphatic carbocycles. The number of aliphatic hydroxyl groups is 4. The molecule has 0 spiro atoms. The normalized spacial score (nSPS) is 14.7. The highest BCUT2D eigenvalue weighted by Crippen LogP contribution is 2.05. The van der Waals surface area contributed by atoms with Crippen LogP contribution in [-0.4, -0.2) is 138 Å². The number of hydrogen-bond acceptors (Lipinski definition) is 10. The van der Waals surface area contributed by atoms with Gasteiger partial charge in [0.25, 0.3) is 0 Å². The summed E-state index contributed by atoms with van der Waals surface area (Å²) in [6.45, 7) is 16.7. The molecule has 0 aliphatic rings. The minimum Gasteiger partial charge on any atom is -0.759 e. The van der Waals surface area contributed by atoms with E-state index in [1.807, 2.05) is 28.2 Å². The molecule has 2 amide bonds. The van der Waals surface area contributed by atoms with Crippen molar-refractivity contribution in [1.82, 2.24) is 10.6 Å². The summed E-state index contributed by atoms with van der Waals surface area (Å²) in [7, 11) is 2.72. The molecule has 0 fully saturated rings. The molecule has 0 saturated carbocycles. The summed E-state index contributed by atoms with van der Waals surface area (Å²) in [5.41, 5.74) is 0.608. The van der Waals surface area contributed by atoms with Gasteiger partial charge < -0.3 is 49.1 Å². The number of carbonyl (C=O) groups is 2. The van der Waals surface area contributed by atoms with Gasteiger partial charge in [-0.15, -0.1) is 0 Å². The third kappa shape index (κ3) is 26.1. The van der Waals surface area contributed by atoms with E-state index in [4.69, 9.17) is 17.5 Å². The number of nitrogens with one attached hydrogen (secondary N) is 2. The van der Waals surface area contributed by atoms with E-state index in [9.17, 15) is 30.0 Å². The smallest absolute Gasteiger partial charge is 0.248 e. The van der Waals surface area contributed by atoms with Gasteiger partial charge in [-0.25, -0.2) is 0 Å². The van der Waals surface area contributed by atoms with Gasteiger partial charge in [0, 0.05) is 21.5 Å². The van der Waals surface area contributed by atoms with Crippen LogP contribution in [0, 0.1) is 0 Å². The lowest BCUT2D eigenvalue weighted by Crippen LogP contribution is -2.53. The van der Waals surface area contributed by atoms with E-state index in [0.29, 0.717) is 33.2 Å². The second-order valence-electron chi connectivity index (χ2n) is 10.6. The van der Waals surface area contributed by atoms with Crippen molar-refractivity contribution in [2.45, 2.75) is 65.2 Å². The number of hydrogen-bond donors (Lipinski definition) is 6. The molecule has 0 heterocycles. The minimum absolute atomic E-state index is 0.304. The average Bonchev–Trinajstić information content (AvgIpc) is 2.71. The molecule has 14 nitrogen and oxygen atoms in total. The summed E-state index contributed by atoms with van der Waals surface area (Å²) in [4.78, 5) is 22.5. The molecular formula is C24H50N4O10S. The van der Waals surface area contributed by atoms with Crippen LogP contribution in [0.15, 0.2) is 24.3 Å². The first-order chi connectivity index (χ1) is 17.4. The maximum absolute atomic E-state index is 11.3. The Kier molecular flexibility index (Phi) is 20.4. The largest absolute Gasteiger partial charge is 0.759 e. The molecule has 0 aliphatic heterocycles. The monoisotopic (exact) mass is 586 g/mol. The van der Waals surface area contributed by atoms with Crippen molar-refractivity contribution in [2.75, 3.05) is 54.4 Å². The molecule has 6 N–H and O–H groups in total. The van der Waals surface area contributed by atoms with Crippen LogP contribution in [0.3, 0.4) is 0 Å². The van der Waals surface area contributed by atoms with Gasteiger partial charge >= 0.3 is 0 Å². The maximum atomic E-state index is 11.3. The molecule has 232 valence electrons. The van der Waals surface area contributed by atoms with Crippen LogP contribution < -0.4 is 10.6 Å². The lowest BCUT2D eigenvalue weighted by molar-refractivity contribution is -0.893. The first kappa shape index (κ1) is 41.5.